The van der Waals surface area contributed by atoms with E-state index in [0.29, 0.717) is 19.5 Å². The summed E-state index contributed by atoms with van der Waals surface area (Å²) in [6.45, 7) is 3.08. The first kappa shape index (κ1) is 17.6. The van der Waals surface area contributed by atoms with Crippen LogP contribution in [-0.4, -0.2) is 44.5 Å². The number of nitrogens with two attached hydrogens (primary N) is 1. The van der Waals surface area contributed by atoms with Crippen molar-refractivity contribution in [1.29, 1.82) is 0 Å². The van der Waals surface area contributed by atoms with Crippen LogP contribution in [0.1, 0.15) is 17.0 Å². The van der Waals surface area contributed by atoms with E-state index in [1.54, 1.807) is 17.0 Å². The molecule has 0 saturated heterocycles. The Morgan fingerprint density at radius 1 is 1.40 bits per heavy atom. The summed E-state index contributed by atoms with van der Waals surface area (Å²) >= 11 is 0. The fraction of sp³-hybridized carbons (Fsp3) is 0.375. The Kier molecular flexibility index (Phi) is 4.63. The molecule has 0 unspecified atom stereocenters. The van der Waals surface area contributed by atoms with Crippen LogP contribution in [0.5, 0.6) is 0 Å². The number of likely N-dealkylation sites (N-methyl/N-ethyl adjacent to an activating group) is 1. The van der Waals surface area contributed by atoms with E-state index in [9.17, 15) is 13.2 Å². The number of benzene rings is 1. The van der Waals surface area contributed by atoms with Gasteiger partial charge in [0, 0.05) is 24.8 Å². The standard InChI is InChI=1S/C16H20N4O4S/c1-11-7-13(18-24-11)9-19(2)10-16(21)20-6-5-12-8-14(25(17,22)23)3-4-15(12)20/h3-4,7-8H,5-6,9-10H2,1-2H3,(H2,17,22,23). The second kappa shape index (κ2) is 6.58. The van der Waals surface area contributed by atoms with Gasteiger partial charge in [0.1, 0.15) is 5.76 Å². The van der Waals surface area contributed by atoms with Crippen LogP contribution in [-0.2, 0) is 27.8 Å². The van der Waals surface area contributed by atoms with Gasteiger partial charge in [0.05, 0.1) is 17.1 Å². The molecule has 9 heteroatoms. The van der Waals surface area contributed by atoms with Gasteiger partial charge < -0.3 is 9.42 Å². The molecule has 2 aromatic rings. The van der Waals surface area contributed by atoms with Crippen molar-refractivity contribution in [3.05, 3.63) is 41.3 Å². The van der Waals surface area contributed by atoms with E-state index in [4.69, 9.17) is 9.66 Å². The molecule has 0 radical (unpaired) electrons. The summed E-state index contributed by atoms with van der Waals surface area (Å²) in [6.07, 6.45) is 0.608. The SMILES string of the molecule is Cc1cc(CN(C)CC(=O)N2CCc3cc(S(N)(=O)=O)ccc32)no1. The lowest BCUT2D eigenvalue weighted by molar-refractivity contribution is -0.119. The van der Waals surface area contributed by atoms with Gasteiger partial charge in [0.25, 0.3) is 0 Å². The average Bonchev–Trinajstić information content (AvgIpc) is 3.11. The molecule has 1 amide bonds. The van der Waals surface area contributed by atoms with Gasteiger partial charge in [-0.05, 0) is 44.2 Å². The Hall–Kier alpha value is -2.23. The topological polar surface area (TPSA) is 110 Å². The highest BCUT2D eigenvalue weighted by atomic mass is 32.2. The molecule has 0 fully saturated rings. The minimum absolute atomic E-state index is 0.0511. The molecule has 0 spiro atoms. The molecule has 3 rings (SSSR count). The smallest absolute Gasteiger partial charge is 0.241 e. The molecular formula is C16H20N4O4S. The van der Waals surface area contributed by atoms with Gasteiger partial charge in [-0.3, -0.25) is 9.69 Å². The molecule has 1 aromatic carbocycles. The Balaban J connectivity index is 1.68. The Morgan fingerprint density at radius 3 is 2.80 bits per heavy atom. The molecule has 0 atom stereocenters. The quantitative estimate of drug-likeness (QED) is 0.834. The van der Waals surface area contributed by atoms with Crippen molar-refractivity contribution in [2.75, 3.05) is 25.0 Å². The maximum absolute atomic E-state index is 12.6. The molecule has 0 saturated carbocycles. The molecule has 0 bridgehead atoms. The number of amides is 1. The van der Waals surface area contributed by atoms with Crippen molar-refractivity contribution in [3.63, 3.8) is 0 Å². The molecule has 25 heavy (non-hydrogen) atoms. The number of carbonyl (C=O) groups excluding carboxylic acids is 1. The number of carbonyl (C=O) groups is 1. The zero-order chi connectivity index (χ0) is 18.2. The number of sulfonamides is 1. The number of aryl methyl sites for hydroxylation is 1. The molecule has 134 valence electrons. The third-order valence-corrected chi connectivity index (χ3v) is 5.00. The Labute approximate surface area is 146 Å². The largest absolute Gasteiger partial charge is 0.361 e. The second-order valence-corrected chi connectivity index (χ2v) is 7.79. The lowest BCUT2D eigenvalue weighted by Gasteiger charge is -2.21. The van der Waals surface area contributed by atoms with Crippen LogP contribution in [0, 0.1) is 6.92 Å². The zero-order valence-electron chi connectivity index (χ0n) is 14.1. The van der Waals surface area contributed by atoms with Crippen LogP contribution in [0.2, 0.25) is 0 Å². The van der Waals surface area contributed by atoms with Crippen molar-refractivity contribution in [1.82, 2.24) is 10.1 Å². The van der Waals surface area contributed by atoms with Crippen LogP contribution in [0.4, 0.5) is 5.69 Å². The third kappa shape index (κ3) is 3.89. The lowest BCUT2D eigenvalue weighted by atomic mass is 10.2. The zero-order valence-corrected chi connectivity index (χ0v) is 14.9. The summed E-state index contributed by atoms with van der Waals surface area (Å²) in [4.78, 5) is 16.2. The highest BCUT2D eigenvalue weighted by Gasteiger charge is 2.26. The van der Waals surface area contributed by atoms with E-state index >= 15 is 0 Å². The molecule has 8 nitrogen and oxygen atoms in total. The average molecular weight is 364 g/mol. The second-order valence-electron chi connectivity index (χ2n) is 6.23. The molecule has 2 heterocycles. The summed E-state index contributed by atoms with van der Waals surface area (Å²) in [5.41, 5.74) is 2.32. The normalized spacial score (nSPS) is 14.2. The summed E-state index contributed by atoms with van der Waals surface area (Å²) in [6, 6.07) is 6.45. The summed E-state index contributed by atoms with van der Waals surface area (Å²) in [5, 5.41) is 9.08. The molecule has 1 aliphatic heterocycles. The fourth-order valence-electron chi connectivity index (χ4n) is 2.96. The minimum Gasteiger partial charge on any atom is -0.361 e. The van der Waals surface area contributed by atoms with E-state index in [1.807, 2.05) is 24.9 Å². The summed E-state index contributed by atoms with van der Waals surface area (Å²) < 4.78 is 27.9. The number of hydrogen-bond donors (Lipinski definition) is 1. The van der Waals surface area contributed by atoms with Crippen LogP contribution >= 0.6 is 0 Å². The number of primary sulfonamides is 1. The van der Waals surface area contributed by atoms with E-state index < -0.39 is 10.0 Å². The van der Waals surface area contributed by atoms with Gasteiger partial charge in [0.2, 0.25) is 15.9 Å². The van der Waals surface area contributed by atoms with E-state index in [0.717, 1.165) is 22.7 Å². The minimum atomic E-state index is -3.74. The number of rotatable bonds is 5. The first-order valence-corrected chi connectivity index (χ1v) is 9.35. The molecule has 2 N–H and O–H groups in total. The Morgan fingerprint density at radius 2 is 2.16 bits per heavy atom. The predicted octanol–water partition coefficient (Wildman–Crippen LogP) is 0.652. The van der Waals surface area contributed by atoms with E-state index in [1.165, 1.54) is 6.07 Å². The first-order valence-electron chi connectivity index (χ1n) is 7.81. The Bertz CT molecular complexity index is 907. The number of aromatic nitrogens is 1. The molecular weight excluding hydrogens is 344 g/mol. The lowest BCUT2D eigenvalue weighted by Crippen LogP contribution is -2.37. The van der Waals surface area contributed by atoms with Crippen molar-refractivity contribution >= 4 is 21.6 Å². The molecule has 0 aliphatic carbocycles. The first-order chi connectivity index (χ1) is 11.7. The number of hydrogen-bond acceptors (Lipinski definition) is 6. The van der Waals surface area contributed by atoms with Crippen molar-refractivity contribution < 1.29 is 17.7 Å². The van der Waals surface area contributed by atoms with Gasteiger partial charge in [-0.15, -0.1) is 0 Å². The molecule has 1 aliphatic rings. The van der Waals surface area contributed by atoms with Crippen LogP contribution in [0.3, 0.4) is 0 Å². The maximum Gasteiger partial charge on any atom is 0.241 e. The third-order valence-electron chi connectivity index (χ3n) is 4.09. The van der Waals surface area contributed by atoms with Crippen molar-refractivity contribution in [2.45, 2.75) is 24.8 Å². The molecule has 1 aromatic heterocycles. The summed E-state index contributed by atoms with van der Waals surface area (Å²) in [7, 11) is -1.90. The van der Waals surface area contributed by atoms with Crippen LogP contribution in [0.15, 0.2) is 33.7 Å². The number of nitrogens with zero attached hydrogens (tertiary/aromatic N) is 3. The summed E-state index contributed by atoms with van der Waals surface area (Å²) in [5.74, 6) is 0.679. The van der Waals surface area contributed by atoms with Crippen LogP contribution < -0.4 is 10.0 Å². The number of fused-ring (bicyclic) bond motifs is 1. The van der Waals surface area contributed by atoms with Gasteiger partial charge in [-0.2, -0.15) is 0 Å². The van der Waals surface area contributed by atoms with Gasteiger partial charge >= 0.3 is 0 Å². The van der Waals surface area contributed by atoms with Crippen LogP contribution in [0.25, 0.3) is 0 Å². The van der Waals surface area contributed by atoms with Crippen molar-refractivity contribution in [2.24, 2.45) is 5.14 Å². The van der Waals surface area contributed by atoms with E-state index in [-0.39, 0.29) is 17.3 Å². The van der Waals surface area contributed by atoms with Gasteiger partial charge in [-0.1, -0.05) is 5.16 Å². The maximum atomic E-state index is 12.6. The fourth-order valence-corrected chi connectivity index (χ4v) is 3.52. The van der Waals surface area contributed by atoms with Gasteiger partial charge in [-0.25, -0.2) is 13.6 Å². The van der Waals surface area contributed by atoms with Crippen molar-refractivity contribution in [3.8, 4) is 0 Å². The predicted molar refractivity (Wildman–Crippen MR) is 91.4 cm³/mol. The highest BCUT2D eigenvalue weighted by molar-refractivity contribution is 7.89. The number of anilines is 1. The monoisotopic (exact) mass is 364 g/mol. The van der Waals surface area contributed by atoms with Gasteiger partial charge in [0.15, 0.2) is 0 Å². The highest BCUT2D eigenvalue weighted by Crippen LogP contribution is 2.30. The van der Waals surface area contributed by atoms with E-state index in [2.05, 4.69) is 5.16 Å².